The number of rotatable bonds is 7. The first-order chi connectivity index (χ1) is 13.3. The molecule has 2 aromatic heterocycles. The monoisotopic (exact) mass is 367 g/mol. The zero-order chi connectivity index (χ0) is 18.5. The maximum absolute atomic E-state index is 5.15. The van der Waals surface area contributed by atoms with Crippen molar-refractivity contribution in [2.45, 2.75) is 26.3 Å². The Kier molecular flexibility index (Phi) is 5.55. The van der Waals surface area contributed by atoms with E-state index in [4.69, 9.17) is 4.52 Å². The molecule has 4 rings (SSSR count). The van der Waals surface area contributed by atoms with E-state index in [0.29, 0.717) is 0 Å². The van der Waals surface area contributed by atoms with Crippen LogP contribution in [0.5, 0.6) is 0 Å². The van der Waals surface area contributed by atoms with E-state index in [-0.39, 0.29) is 0 Å². The third kappa shape index (κ3) is 4.58. The highest BCUT2D eigenvalue weighted by atomic mass is 16.5. The van der Waals surface area contributed by atoms with Gasteiger partial charge in [0.15, 0.2) is 5.82 Å². The summed E-state index contributed by atoms with van der Waals surface area (Å²) in [5, 5.41) is 16.3. The number of aryl methyl sites for hydroxylation is 2. The average molecular weight is 367 g/mol. The molecule has 8 nitrogen and oxygen atoms in total. The molecule has 0 atom stereocenters. The average Bonchev–Trinajstić information content (AvgIpc) is 3.33. The number of hydrogen-bond donors (Lipinski definition) is 0. The lowest BCUT2D eigenvalue weighted by Crippen LogP contribution is -2.46. The van der Waals surface area contributed by atoms with Gasteiger partial charge in [0.05, 0.1) is 11.4 Å². The largest absolute Gasteiger partial charge is 0.361 e. The molecule has 0 amide bonds. The quantitative estimate of drug-likeness (QED) is 0.629. The van der Waals surface area contributed by atoms with Crippen LogP contribution >= 0.6 is 0 Å². The number of piperazine rings is 1. The van der Waals surface area contributed by atoms with Gasteiger partial charge in [-0.25, -0.2) is 0 Å². The molecular weight excluding hydrogens is 342 g/mol. The number of aromatic nitrogens is 5. The number of tetrazole rings is 1. The molecule has 1 aliphatic heterocycles. The first-order valence-corrected chi connectivity index (χ1v) is 9.47. The van der Waals surface area contributed by atoms with Crippen molar-refractivity contribution in [2.24, 2.45) is 0 Å². The van der Waals surface area contributed by atoms with Crippen LogP contribution in [0.2, 0.25) is 0 Å². The van der Waals surface area contributed by atoms with E-state index in [2.05, 4.69) is 30.5 Å². The van der Waals surface area contributed by atoms with Crippen LogP contribution in [0.4, 0.5) is 0 Å². The van der Waals surface area contributed by atoms with Gasteiger partial charge < -0.3 is 9.42 Å². The molecule has 27 heavy (non-hydrogen) atoms. The molecule has 1 aromatic carbocycles. The van der Waals surface area contributed by atoms with E-state index in [1.165, 1.54) is 0 Å². The molecule has 0 N–H and O–H groups in total. The molecule has 0 bridgehead atoms. The van der Waals surface area contributed by atoms with Gasteiger partial charge in [0, 0.05) is 45.2 Å². The van der Waals surface area contributed by atoms with Gasteiger partial charge in [0.25, 0.3) is 0 Å². The highest BCUT2D eigenvalue weighted by Gasteiger charge is 2.18. The minimum absolute atomic E-state index is 0.872. The van der Waals surface area contributed by atoms with E-state index in [0.717, 1.165) is 75.1 Å². The fraction of sp³-hybridized carbons (Fsp3) is 0.474. The highest BCUT2D eigenvalue weighted by Crippen LogP contribution is 2.11. The Labute approximate surface area is 158 Å². The van der Waals surface area contributed by atoms with Crippen LogP contribution in [0.15, 0.2) is 40.9 Å². The summed E-state index contributed by atoms with van der Waals surface area (Å²) >= 11 is 0. The number of hydrogen-bond acceptors (Lipinski definition) is 7. The first-order valence-electron chi connectivity index (χ1n) is 9.47. The molecule has 0 saturated carbocycles. The summed E-state index contributed by atoms with van der Waals surface area (Å²) < 4.78 is 6.98. The van der Waals surface area contributed by atoms with Crippen LogP contribution in [-0.4, -0.2) is 67.9 Å². The van der Waals surface area contributed by atoms with Gasteiger partial charge in [-0.3, -0.25) is 4.90 Å². The molecule has 8 heteroatoms. The van der Waals surface area contributed by atoms with Crippen molar-refractivity contribution in [3.05, 3.63) is 53.7 Å². The van der Waals surface area contributed by atoms with Crippen molar-refractivity contribution >= 4 is 0 Å². The molecule has 0 radical (unpaired) electrons. The van der Waals surface area contributed by atoms with Crippen molar-refractivity contribution in [1.29, 1.82) is 0 Å². The van der Waals surface area contributed by atoms with Crippen LogP contribution in [0, 0.1) is 6.92 Å². The third-order valence-corrected chi connectivity index (χ3v) is 4.94. The Morgan fingerprint density at radius 1 is 1.04 bits per heavy atom. The summed E-state index contributed by atoms with van der Waals surface area (Å²) in [6.45, 7) is 8.17. The van der Waals surface area contributed by atoms with Crippen LogP contribution in [0.25, 0.3) is 5.69 Å². The Bertz CT molecular complexity index is 837. The van der Waals surface area contributed by atoms with E-state index in [1.54, 1.807) is 0 Å². The first kappa shape index (κ1) is 17.8. The summed E-state index contributed by atoms with van der Waals surface area (Å²) in [5.74, 6) is 1.79. The molecule has 1 aliphatic rings. The summed E-state index contributed by atoms with van der Waals surface area (Å²) in [4.78, 5) is 4.95. The molecule has 3 heterocycles. The fourth-order valence-electron chi connectivity index (χ4n) is 3.48. The molecule has 0 spiro atoms. The number of para-hydroxylation sites is 1. The van der Waals surface area contributed by atoms with Crippen molar-refractivity contribution in [3.63, 3.8) is 0 Å². The number of nitrogens with zero attached hydrogens (tertiary/aromatic N) is 7. The van der Waals surface area contributed by atoms with Gasteiger partial charge in [-0.15, -0.1) is 5.10 Å². The molecule has 0 aliphatic carbocycles. The van der Waals surface area contributed by atoms with Crippen molar-refractivity contribution in [3.8, 4) is 5.69 Å². The molecule has 1 saturated heterocycles. The Morgan fingerprint density at radius 3 is 2.56 bits per heavy atom. The van der Waals surface area contributed by atoms with E-state index in [9.17, 15) is 0 Å². The van der Waals surface area contributed by atoms with Crippen LogP contribution in [0.3, 0.4) is 0 Å². The maximum Gasteiger partial charge on any atom is 0.156 e. The zero-order valence-electron chi connectivity index (χ0n) is 15.7. The topological polar surface area (TPSA) is 76.1 Å². The van der Waals surface area contributed by atoms with E-state index in [1.807, 2.05) is 48.0 Å². The predicted molar refractivity (Wildman–Crippen MR) is 100 cm³/mol. The standard InChI is InChI=1S/C19H25N7O/c1-16-14-17(21-27-16)15-25-12-10-24(11-13-25)9-5-8-19-20-22-23-26(19)18-6-3-2-4-7-18/h2-4,6-7,14H,5,8-13,15H2,1H3. The summed E-state index contributed by atoms with van der Waals surface area (Å²) in [7, 11) is 0. The lowest BCUT2D eigenvalue weighted by molar-refractivity contribution is 0.124. The van der Waals surface area contributed by atoms with Crippen LogP contribution < -0.4 is 0 Å². The second kappa shape index (κ2) is 8.41. The van der Waals surface area contributed by atoms with Gasteiger partial charge >= 0.3 is 0 Å². The minimum atomic E-state index is 0.872. The van der Waals surface area contributed by atoms with Crippen molar-refractivity contribution in [2.75, 3.05) is 32.7 Å². The Balaban J connectivity index is 1.22. The lowest BCUT2D eigenvalue weighted by atomic mass is 10.2. The highest BCUT2D eigenvalue weighted by molar-refractivity contribution is 5.30. The predicted octanol–water partition coefficient (Wildman–Crippen LogP) is 1.71. The Hall–Kier alpha value is -2.58. The second-order valence-electron chi connectivity index (χ2n) is 6.99. The fourth-order valence-corrected chi connectivity index (χ4v) is 3.48. The van der Waals surface area contributed by atoms with Gasteiger partial charge in [-0.05, 0) is 42.4 Å². The second-order valence-corrected chi connectivity index (χ2v) is 6.99. The van der Waals surface area contributed by atoms with Crippen LogP contribution in [-0.2, 0) is 13.0 Å². The SMILES string of the molecule is Cc1cc(CN2CCN(CCCc3nnnn3-c3ccccc3)CC2)no1. The molecule has 3 aromatic rings. The maximum atomic E-state index is 5.15. The van der Waals surface area contributed by atoms with Crippen molar-refractivity contribution in [1.82, 2.24) is 35.2 Å². The Morgan fingerprint density at radius 2 is 1.81 bits per heavy atom. The summed E-state index contributed by atoms with van der Waals surface area (Å²) in [6.07, 6.45) is 1.93. The molecule has 142 valence electrons. The summed E-state index contributed by atoms with van der Waals surface area (Å²) in [5.41, 5.74) is 2.03. The van der Waals surface area contributed by atoms with E-state index < -0.39 is 0 Å². The normalized spacial score (nSPS) is 16.0. The zero-order valence-corrected chi connectivity index (χ0v) is 15.7. The number of benzene rings is 1. The van der Waals surface area contributed by atoms with Crippen molar-refractivity contribution < 1.29 is 4.52 Å². The van der Waals surface area contributed by atoms with Crippen LogP contribution in [0.1, 0.15) is 23.7 Å². The van der Waals surface area contributed by atoms with E-state index >= 15 is 0 Å². The van der Waals surface area contributed by atoms with Gasteiger partial charge in [-0.1, -0.05) is 23.4 Å². The minimum Gasteiger partial charge on any atom is -0.361 e. The molecule has 1 fully saturated rings. The molecule has 0 unspecified atom stereocenters. The van der Waals surface area contributed by atoms with Gasteiger partial charge in [0.2, 0.25) is 0 Å². The third-order valence-electron chi connectivity index (χ3n) is 4.94. The lowest BCUT2D eigenvalue weighted by Gasteiger charge is -2.34. The summed E-state index contributed by atoms with van der Waals surface area (Å²) in [6, 6.07) is 12.1. The molecular formula is C19H25N7O. The van der Waals surface area contributed by atoms with Gasteiger partial charge in [-0.2, -0.15) is 4.68 Å². The smallest absolute Gasteiger partial charge is 0.156 e. The van der Waals surface area contributed by atoms with Gasteiger partial charge in [0.1, 0.15) is 5.76 Å².